The molecule has 0 saturated carbocycles. The summed E-state index contributed by atoms with van der Waals surface area (Å²) in [5.74, 6) is -3.05. The van der Waals surface area contributed by atoms with Crippen molar-refractivity contribution in [1.29, 1.82) is 0 Å². The summed E-state index contributed by atoms with van der Waals surface area (Å²) in [7, 11) is 0. The fourth-order valence-corrected chi connectivity index (χ4v) is 6.38. The lowest BCUT2D eigenvalue weighted by molar-refractivity contribution is -0.159. The van der Waals surface area contributed by atoms with E-state index < -0.39 is 47.7 Å². The molecule has 2 saturated heterocycles. The van der Waals surface area contributed by atoms with Crippen molar-refractivity contribution >= 4 is 23.7 Å². The Kier molecular flexibility index (Phi) is 9.16. The lowest BCUT2D eigenvalue weighted by atomic mass is 9.74. The van der Waals surface area contributed by atoms with Crippen LogP contribution in [0.2, 0.25) is 0 Å². The number of nitrogens with zero attached hydrogens (tertiary/aromatic N) is 2. The topological polar surface area (TPSA) is 125 Å². The first-order chi connectivity index (χ1) is 18.6. The summed E-state index contributed by atoms with van der Waals surface area (Å²) in [4.78, 5) is 57.5. The minimum absolute atomic E-state index is 0.152. The van der Waals surface area contributed by atoms with Crippen molar-refractivity contribution in [1.82, 2.24) is 15.1 Å². The summed E-state index contributed by atoms with van der Waals surface area (Å²) >= 11 is 0. The molecule has 4 rings (SSSR count). The molecule has 39 heavy (non-hydrogen) atoms. The highest BCUT2D eigenvalue weighted by molar-refractivity contribution is 5.99. The minimum atomic E-state index is -1.31. The number of esters is 1. The zero-order chi connectivity index (χ0) is 28.3. The number of amides is 3. The van der Waals surface area contributed by atoms with Gasteiger partial charge in [0.1, 0.15) is 23.7 Å². The maximum absolute atomic E-state index is 14.4. The fraction of sp³-hybridized carbons (Fsp3) is 0.724. The van der Waals surface area contributed by atoms with Gasteiger partial charge >= 0.3 is 5.97 Å². The van der Waals surface area contributed by atoms with Crippen LogP contribution in [0.4, 0.5) is 0 Å². The Balaban J connectivity index is 1.78. The highest BCUT2D eigenvalue weighted by atomic mass is 16.6. The summed E-state index contributed by atoms with van der Waals surface area (Å²) in [6.45, 7) is 8.41. The molecule has 2 N–H and O–H groups in total. The molecule has 10 heteroatoms. The Hall–Kier alpha value is -2.72. The van der Waals surface area contributed by atoms with Crippen LogP contribution in [0.25, 0.3) is 0 Å². The Morgan fingerprint density at radius 1 is 1.18 bits per heavy atom. The quantitative estimate of drug-likeness (QED) is 0.367. The average molecular weight is 546 g/mol. The molecule has 5 bridgehead atoms. The van der Waals surface area contributed by atoms with Crippen LogP contribution in [0.15, 0.2) is 24.3 Å². The number of unbranched alkanes of at least 4 members (excludes halogenated alkanes) is 1. The number of ether oxygens (including phenoxy) is 2. The maximum Gasteiger partial charge on any atom is 0.313 e. The van der Waals surface area contributed by atoms with Crippen molar-refractivity contribution in [2.45, 2.75) is 89.7 Å². The molecule has 0 radical (unpaired) electrons. The zero-order valence-electron chi connectivity index (χ0n) is 23.5. The normalized spacial score (nSPS) is 34.9. The molecule has 1 spiro atoms. The van der Waals surface area contributed by atoms with E-state index >= 15 is 0 Å². The molecule has 7 atom stereocenters. The monoisotopic (exact) mass is 545 g/mol. The van der Waals surface area contributed by atoms with E-state index in [1.807, 2.05) is 32.9 Å². The van der Waals surface area contributed by atoms with Crippen LogP contribution < -0.4 is 5.32 Å². The summed E-state index contributed by atoms with van der Waals surface area (Å²) in [5, 5.41) is 13.2. The molecule has 0 unspecified atom stereocenters. The smallest absolute Gasteiger partial charge is 0.313 e. The first kappa shape index (κ1) is 29.3. The van der Waals surface area contributed by atoms with Gasteiger partial charge in [-0.3, -0.25) is 19.2 Å². The predicted octanol–water partition coefficient (Wildman–Crippen LogP) is 1.57. The third-order valence-corrected chi connectivity index (χ3v) is 8.19. The van der Waals surface area contributed by atoms with E-state index in [9.17, 15) is 24.3 Å². The fourth-order valence-electron chi connectivity index (χ4n) is 6.38. The van der Waals surface area contributed by atoms with E-state index in [2.05, 4.69) is 5.32 Å². The highest BCUT2D eigenvalue weighted by Gasteiger charge is 2.74. The number of fused-ring (bicyclic) bond motifs is 2. The molecular formula is C29H43N3O7. The molecule has 0 aromatic carbocycles. The Morgan fingerprint density at radius 2 is 1.95 bits per heavy atom. The lowest BCUT2D eigenvalue weighted by Gasteiger charge is -2.39. The number of cyclic esters (lactones) is 1. The number of likely N-dealkylation sites (tertiary alicyclic amines) is 1. The van der Waals surface area contributed by atoms with Crippen LogP contribution in [0.1, 0.15) is 59.8 Å². The third kappa shape index (κ3) is 5.63. The molecule has 216 valence electrons. The third-order valence-electron chi connectivity index (χ3n) is 8.19. The Labute approximate surface area is 230 Å². The van der Waals surface area contributed by atoms with E-state index in [1.165, 1.54) is 4.90 Å². The second-order valence-electron chi connectivity index (χ2n) is 11.6. The van der Waals surface area contributed by atoms with Gasteiger partial charge in [0.15, 0.2) is 0 Å². The molecular weight excluding hydrogens is 502 g/mol. The number of hydrogen-bond acceptors (Lipinski definition) is 7. The van der Waals surface area contributed by atoms with E-state index in [4.69, 9.17) is 9.47 Å². The second-order valence-corrected chi connectivity index (χ2v) is 11.6. The van der Waals surface area contributed by atoms with E-state index in [0.717, 1.165) is 12.8 Å². The molecule has 3 amide bonds. The van der Waals surface area contributed by atoms with Gasteiger partial charge in [-0.2, -0.15) is 0 Å². The predicted molar refractivity (Wildman–Crippen MR) is 143 cm³/mol. The van der Waals surface area contributed by atoms with Crippen molar-refractivity contribution < 1.29 is 33.8 Å². The Morgan fingerprint density at radius 3 is 2.64 bits per heavy atom. The van der Waals surface area contributed by atoms with Gasteiger partial charge in [0.2, 0.25) is 17.7 Å². The first-order valence-electron chi connectivity index (χ1n) is 14.4. The summed E-state index contributed by atoms with van der Waals surface area (Å²) in [6.07, 6.45) is 8.96. The van der Waals surface area contributed by atoms with Crippen molar-refractivity contribution in [3.63, 3.8) is 0 Å². The Bertz CT molecular complexity index is 1010. The van der Waals surface area contributed by atoms with E-state index in [-0.39, 0.29) is 43.2 Å². The zero-order valence-corrected chi connectivity index (χ0v) is 23.5. The van der Waals surface area contributed by atoms with Crippen molar-refractivity contribution in [2.24, 2.45) is 17.8 Å². The SMILES string of the molecule is CCCCN1C/C=C\CCC(=O)NC[C@@H](C)OC(=O)[C@@H]2[C@@H]3C=C[C@]4(O3)[C@H](C1=O)N([C@@H](CO)CC(C)C)C(=O)[C@@H]24. The van der Waals surface area contributed by atoms with Gasteiger partial charge in [-0.15, -0.1) is 0 Å². The van der Waals surface area contributed by atoms with Crippen LogP contribution in [-0.2, 0) is 28.7 Å². The van der Waals surface area contributed by atoms with Crippen LogP contribution in [0.3, 0.4) is 0 Å². The van der Waals surface area contributed by atoms with E-state index in [0.29, 0.717) is 25.9 Å². The molecule has 4 heterocycles. The highest BCUT2D eigenvalue weighted by Crippen LogP contribution is 2.56. The van der Waals surface area contributed by atoms with Crippen LogP contribution in [0.5, 0.6) is 0 Å². The van der Waals surface area contributed by atoms with Crippen LogP contribution in [0, 0.1) is 17.8 Å². The summed E-state index contributed by atoms with van der Waals surface area (Å²) in [6, 6.07) is -1.60. The standard InChI is InChI=1S/C29H43N3O7/c1-5-6-13-31-14-9-7-8-10-22(34)30-16-19(4)38-28(37)23-21-11-12-29(39-21)24(23)26(35)32(25(29)27(31)36)20(17-33)15-18(2)3/h7,9,11-12,18-21,23-25,33H,5-6,8,10,13-17H2,1-4H3,(H,30,34)/b9-7-/t19-,20-,21+,23-,24-,25+,29-/m1/s1. The molecule has 4 aliphatic rings. The van der Waals surface area contributed by atoms with Crippen LogP contribution in [-0.4, -0.2) is 94.7 Å². The number of aliphatic hydroxyl groups is 1. The largest absolute Gasteiger partial charge is 0.460 e. The molecule has 2 fully saturated rings. The van der Waals surface area contributed by atoms with Gasteiger partial charge in [0.05, 0.1) is 31.2 Å². The van der Waals surface area contributed by atoms with Gasteiger partial charge in [-0.25, -0.2) is 0 Å². The van der Waals surface area contributed by atoms with Crippen LogP contribution >= 0.6 is 0 Å². The van der Waals surface area contributed by atoms with Crippen molar-refractivity contribution in [2.75, 3.05) is 26.2 Å². The number of rotatable bonds is 7. The minimum Gasteiger partial charge on any atom is -0.460 e. The van der Waals surface area contributed by atoms with Gasteiger partial charge in [-0.05, 0) is 32.1 Å². The van der Waals surface area contributed by atoms with Gasteiger partial charge in [-0.1, -0.05) is 51.5 Å². The number of hydrogen-bond donors (Lipinski definition) is 2. The number of aliphatic hydroxyl groups excluding tert-OH is 1. The summed E-state index contributed by atoms with van der Waals surface area (Å²) in [5.41, 5.74) is -1.31. The first-order valence-corrected chi connectivity index (χ1v) is 14.4. The maximum atomic E-state index is 14.4. The molecule has 0 aliphatic carbocycles. The number of carbonyl (C=O) groups is 4. The molecule has 4 aliphatic heterocycles. The van der Waals surface area contributed by atoms with Gasteiger partial charge in [0, 0.05) is 19.5 Å². The van der Waals surface area contributed by atoms with Crippen molar-refractivity contribution in [3.8, 4) is 0 Å². The lowest BCUT2D eigenvalue weighted by Crippen LogP contribution is -2.58. The summed E-state index contributed by atoms with van der Waals surface area (Å²) < 4.78 is 12.1. The average Bonchev–Trinajstić information content (AvgIpc) is 3.54. The molecule has 10 nitrogen and oxygen atoms in total. The molecule has 0 aromatic heterocycles. The van der Waals surface area contributed by atoms with Crippen molar-refractivity contribution in [3.05, 3.63) is 24.3 Å². The second kappa shape index (κ2) is 12.2. The number of carbonyl (C=O) groups excluding carboxylic acids is 4. The van der Waals surface area contributed by atoms with E-state index in [1.54, 1.807) is 24.0 Å². The number of allylic oxidation sites excluding steroid dienone is 1. The number of nitrogens with one attached hydrogen (secondary N) is 1. The van der Waals surface area contributed by atoms with Gasteiger partial charge in [0.25, 0.3) is 0 Å². The molecule has 0 aromatic rings. The van der Waals surface area contributed by atoms with Gasteiger partial charge < -0.3 is 29.7 Å².